The maximum Gasteiger partial charge on any atom is 0.363 e. The van der Waals surface area contributed by atoms with Crippen molar-refractivity contribution in [3.63, 3.8) is 0 Å². The molecule has 0 atom stereocenters. The molecule has 1 heterocycles. The van der Waals surface area contributed by atoms with Gasteiger partial charge in [0.05, 0.1) is 21.6 Å². The Labute approximate surface area is 143 Å². The van der Waals surface area contributed by atoms with Crippen molar-refractivity contribution in [2.45, 2.75) is 11.8 Å². The number of rotatable bonds is 3. The smallest absolute Gasteiger partial charge is 0.324 e. The number of carbonyl (C=O) groups is 3. The van der Waals surface area contributed by atoms with E-state index >= 15 is 0 Å². The standard InChI is InChI=1S/C17H13NO6S/c1-10-7-8-11(9-14(10)25(2,22)23)17(21)24-18-15(19)12-5-3-4-6-13(12)16(18)20/h3-9H,1-2H3. The molecule has 7 nitrogen and oxygen atoms in total. The van der Waals surface area contributed by atoms with Gasteiger partial charge in [-0.15, -0.1) is 0 Å². The van der Waals surface area contributed by atoms with Crippen LogP contribution in [0.1, 0.15) is 36.6 Å². The van der Waals surface area contributed by atoms with Gasteiger partial charge in [0.15, 0.2) is 9.84 Å². The number of hydrogen-bond acceptors (Lipinski definition) is 6. The lowest BCUT2D eigenvalue weighted by molar-refractivity contribution is -0.0584. The molecule has 0 aliphatic carbocycles. The van der Waals surface area contributed by atoms with Gasteiger partial charge in [0.25, 0.3) is 11.8 Å². The highest BCUT2D eigenvalue weighted by molar-refractivity contribution is 7.90. The van der Waals surface area contributed by atoms with Crippen molar-refractivity contribution < 1.29 is 27.6 Å². The quantitative estimate of drug-likeness (QED) is 0.775. The van der Waals surface area contributed by atoms with Crippen LogP contribution in [0.4, 0.5) is 0 Å². The third-order valence-electron chi connectivity index (χ3n) is 3.75. The third-order valence-corrected chi connectivity index (χ3v) is 4.99. The molecule has 0 unspecified atom stereocenters. The van der Waals surface area contributed by atoms with Gasteiger partial charge in [-0.05, 0) is 36.8 Å². The van der Waals surface area contributed by atoms with Gasteiger partial charge in [-0.2, -0.15) is 0 Å². The molecule has 2 amide bonds. The number of hydroxylamine groups is 2. The lowest BCUT2D eigenvalue weighted by Crippen LogP contribution is -2.32. The van der Waals surface area contributed by atoms with Crippen LogP contribution in [0.5, 0.6) is 0 Å². The Hall–Kier alpha value is -3.00. The molecule has 0 N–H and O–H groups in total. The second-order valence-corrected chi connectivity index (χ2v) is 7.57. The molecule has 1 aliphatic rings. The molecule has 2 aromatic carbocycles. The van der Waals surface area contributed by atoms with Crippen LogP contribution in [-0.2, 0) is 14.7 Å². The molecular weight excluding hydrogens is 346 g/mol. The number of hydrogen-bond donors (Lipinski definition) is 0. The molecule has 0 aromatic heterocycles. The van der Waals surface area contributed by atoms with Crippen LogP contribution in [0.2, 0.25) is 0 Å². The molecule has 0 spiro atoms. The Kier molecular flexibility index (Phi) is 3.92. The van der Waals surface area contributed by atoms with E-state index in [1.807, 2.05) is 0 Å². The molecule has 1 aliphatic heterocycles. The summed E-state index contributed by atoms with van der Waals surface area (Å²) < 4.78 is 23.5. The number of aryl methyl sites for hydroxylation is 1. The Bertz CT molecular complexity index is 990. The fourth-order valence-electron chi connectivity index (χ4n) is 2.51. The van der Waals surface area contributed by atoms with Crippen molar-refractivity contribution >= 4 is 27.6 Å². The first-order valence-corrected chi connectivity index (χ1v) is 9.10. The Morgan fingerprint density at radius 1 is 1.00 bits per heavy atom. The van der Waals surface area contributed by atoms with Gasteiger partial charge in [-0.3, -0.25) is 9.59 Å². The van der Waals surface area contributed by atoms with E-state index in [0.717, 1.165) is 12.3 Å². The number of fused-ring (bicyclic) bond motifs is 1. The summed E-state index contributed by atoms with van der Waals surface area (Å²) in [6.45, 7) is 1.59. The average molecular weight is 359 g/mol. The van der Waals surface area contributed by atoms with Crippen LogP contribution >= 0.6 is 0 Å². The van der Waals surface area contributed by atoms with E-state index in [1.54, 1.807) is 19.1 Å². The highest BCUT2D eigenvalue weighted by atomic mass is 32.2. The van der Waals surface area contributed by atoms with E-state index in [2.05, 4.69) is 0 Å². The summed E-state index contributed by atoms with van der Waals surface area (Å²) in [7, 11) is -3.54. The molecular formula is C17H13NO6S. The molecule has 0 saturated carbocycles. The number of carbonyl (C=O) groups excluding carboxylic acids is 3. The highest BCUT2D eigenvalue weighted by Crippen LogP contribution is 2.24. The monoisotopic (exact) mass is 359 g/mol. The lowest BCUT2D eigenvalue weighted by atomic mass is 10.1. The summed E-state index contributed by atoms with van der Waals surface area (Å²) in [5.41, 5.74) is 0.671. The summed E-state index contributed by atoms with van der Waals surface area (Å²) in [5.74, 6) is -2.49. The minimum atomic E-state index is -3.54. The first-order chi connectivity index (χ1) is 11.7. The maximum absolute atomic E-state index is 12.3. The van der Waals surface area contributed by atoms with Gasteiger partial charge in [-0.1, -0.05) is 23.3 Å². The van der Waals surface area contributed by atoms with Crippen LogP contribution in [0, 0.1) is 6.92 Å². The minimum absolute atomic E-state index is 0.0238. The van der Waals surface area contributed by atoms with Gasteiger partial charge >= 0.3 is 5.97 Å². The van der Waals surface area contributed by atoms with Crippen molar-refractivity contribution in [3.05, 3.63) is 64.7 Å². The maximum atomic E-state index is 12.3. The normalized spacial score (nSPS) is 13.8. The van der Waals surface area contributed by atoms with Crippen LogP contribution in [-0.4, -0.2) is 37.5 Å². The van der Waals surface area contributed by atoms with Crippen molar-refractivity contribution in [3.8, 4) is 0 Å². The molecule has 128 valence electrons. The predicted octanol–water partition coefficient (Wildman–Crippen LogP) is 1.77. The molecule has 0 fully saturated rings. The fraction of sp³-hybridized carbons (Fsp3) is 0.118. The van der Waals surface area contributed by atoms with Crippen molar-refractivity contribution in [2.24, 2.45) is 0 Å². The molecule has 2 aromatic rings. The molecule has 25 heavy (non-hydrogen) atoms. The van der Waals surface area contributed by atoms with Crippen molar-refractivity contribution in [1.29, 1.82) is 0 Å². The molecule has 8 heteroatoms. The van der Waals surface area contributed by atoms with Crippen molar-refractivity contribution in [2.75, 3.05) is 6.26 Å². The molecule has 0 saturated heterocycles. The van der Waals surface area contributed by atoms with E-state index < -0.39 is 27.6 Å². The summed E-state index contributed by atoms with van der Waals surface area (Å²) in [6.07, 6.45) is 1.02. The van der Waals surface area contributed by atoms with Crippen LogP contribution in [0.15, 0.2) is 47.4 Å². The highest BCUT2D eigenvalue weighted by Gasteiger charge is 2.38. The predicted molar refractivity (Wildman–Crippen MR) is 86.6 cm³/mol. The number of benzene rings is 2. The zero-order chi connectivity index (χ0) is 18.4. The van der Waals surface area contributed by atoms with Gasteiger partial charge in [0.2, 0.25) is 0 Å². The fourth-order valence-corrected chi connectivity index (χ4v) is 3.51. The Morgan fingerprint density at radius 3 is 2.08 bits per heavy atom. The van der Waals surface area contributed by atoms with E-state index in [1.165, 1.54) is 24.3 Å². The first-order valence-electron chi connectivity index (χ1n) is 7.21. The summed E-state index contributed by atoms with van der Waals surface area (Å²) in [4.78, 5) is 41.5. The van der Waals surface area contributed by atoms with Crippen LogP contribution in [0.25, 0.3) is 0 Å². The summed E-state index contributed by atoms with van der Waals surface area (Å²) in [5, 5.41) is 0.382. The summed E-state index contributed by atoms with van der Waals surface area (Å²) in [6, 6.07) is 10.1. The van der Waals surface area contributed by atoms with Crippen LogP contribution in [0.3, 0.4) is 0 Å². The number of imide groups is 1. The zero-order valence-electron chi connectivity index (χ0n) is 13.3. The number of sulfone groups is 1. The third kappa shape index (κ3) is 2.91. The van der Waals surface area contributed by atoms with Gasteiger partial charge < -0.3 is 4.84 Å². The zero-order valence-corrected chi connectivity index (χ0v) is 14.2. The number of nitrogens with zero attached hydrogens (tertiary/aromatic N) is 1. The Morgan fingerprint density at radius 2 is 1.56 bits per heavy atom. The topological polar surface area (TPSA) is 97.8 Å². The van der Waals surface area contributed by atoms with Crippen LogP contribution < -0.4 is 0 Å². The lowest BCUT2D eigenvalue weighted by Gasteiger charge is -2.13. The van der Waals surface area contributed by atoms with Gasteiger partial charge in [0.1, 0.15) is 0 Å². The number of amides is 2. The largest absolute Gasteiger partial charge is 0.363 e. The van der Waals surface area contributed by atoms with Gasteiger partial charge in [0, 0.05) is 6.26 Å². The summed E-state index contributed by atoms with van der Waals surface area (Å²) >= 11 is 0. The SMILES string of the molecule is Cc1ccc(C(=O)ON2C(=O)c3ccccc3C2=O)cc1S(C)(=O)=O. The first kappa shape index (κ1) is 16.8. The van der Waals surface area contributed by atoms with Crippen molar-refractivity contribution in [1.82, 2.24) is 5.06 Å². The second kappa shape index (κ2) is 5.82. The minimum Gasteiger partial charge on any atom is -0.324 e. The molecule has 3 rings (SSSR count). The molecule has 0 bridgehead atoms. The molecule has 0 radical (unpaired) electrons. The van der Waals surface area contributed by atoms with Gasteiger partial charge in [-0.25, -0.2) is 13.2 Å². The van der Waals surface area contributed by atoms with E-state index in [-0.39, 0.29) is 21.6 Å². The second-order valence-electron chi connectivity index (χ2n) is 5.58. The van der Waals surface area contributed by atoms with E-state index in [9.17, 15) is 22.8 Å². The Balaban J connectivity index is 1.90. The van der Waals surface area contributed by atoms with E-state index in [4.69, 9.17) is 4.84 Å². The van der Waals surface area contributed by atoms with E-state index in [0.29, 0.717) is 10.6 Å². The average Bonchev–Trinajstić information content (AvgIpc) is 2.79.